The number of hydrogen-bond acceptors (Lipinski definition) is 4. The van der Waals surface area contributed by atoms with Gasteiger partial charge in [-0.1, -0.05) is 18.5 Å². The molecule has 4 rings (SSSR count). The van der Waals surface area contributed by atoms with Gasteiger partial charge in [0.2, 0.25) is 0 Å². The minimum absolute atomic E-state index is 0.230. The van der Waals surface area contributed by atoms with Gasteiger partial charge in [0.1, 0.15) is 13.2 Å². The van der Waals surface area contributed by atoms with Crippen LogP contribution < -0.4 is 19.7 Å². The summed E-state index contributed by atoms with van der Waals surface area (Å²) in [5.74, 6) is 1.51. The van der Waals surface area contributed by atoms with Crippen LogP contribution in [0.5, 0.6) is 11.5 Å². The van der Waals surface area contributed by atoms with Gasteiger partial charge in [-0.3, -0.25) is 4.79 Å². The minimum Gasteiger partial charge on any atom is -0.486 e. The average molecular weight is 373 g/mol. The molecule has 1 amide bonds. The summed E-state index contributed by atoms with van der Waals surface area (Å²) in [6.45, 7) is 5.35. The largest absolute Gasteiger partial charge is 0.486 e. The zero-order valence-electron chi connectivity index (χ0n) is 14.6. The van der Waals surface area contributed by atoms with Gasteiger partial charge in [0.05, 0.1) is 5.02 Å². The maximum atomic E-state index is 12.6. The Balaban J connectivity index is 1.47. The van der Waals surface area contributed by atoms with Crippen molar-refractivity contribution in [1.82, 2.24) is 0 Å². The van der Waals surface area contributed by atoms with E-state index in [1.165, 1.54) is 12.1 Å². The molecular formula is C20H21ClN2O3. The molecule has 2 aromatic carbocycles. The molecule has 1 atom stereocenters. The molecule has 1 N–H and O–H groups in total. The Morgan fingerprint density at radius 2 is 1.96 bits per heavy atom. The van der Waals surface area contributed by atoms with Crippen molar-refractivity contribution in [3.05, 3.63) is 47.0 Å². The number of carbonyl (C=O) groups excluding carboxylic acids is 1. The third kappa shape index (κ3) is 3.44. The third-order valence-electron chi connectivity index (χ3n) is 4.77. The van der Waals surface area contributed by atoms with E-state index in [0.717, 1.165) is 24.7 Å². The molecule has 136 valence electrons. The number of carbonyl (C=O) groups is 1. The fraction of sp³-hybridized carbons (Fsp3) is 0.350. The molecule has 2 aliphatic rings. The van der Waals surface area contributed by atoms with E-state index < -0.39 is 0 Å². The SMILES string of the molecule is CC1CCN(c2ccc(NC(=O)c3cc(Cl)c4c(c3)OCCO4)cc2)C1. The maximum Gasteiger partial charge on any atom is 0.255 e. The highest BCUT2D eigenvalue weighted by Crippen LogP contribution is 2.38. The van der Waals surface area contributed by atoms with Gasteiger partial charge in [0.25, 0.3) is 5.91 Å². The molecule has 0 bridgehead atoms. The van der Waals surface area contributed by atoms with Gasteiger partial charge in [-0.05, 0) is 48.7 Å². The quantitative estimate of drug-likeness (QED) is 0.876. The lowest BCUT2D eigenvalue weighted by molar-refractivity contribution is 0.102. The molecule has 6 heteroatoms. The van der Waals surface area contributed by atoms with Crippen LogP contribution in [0.4, 0.5) is 11.4 Å². The van der Waals surface area contributed by atoms with Crippen molar-refractivity contribution in [2.45, 2.75) is 13.3 Å². The number of nitrogens with zero attached hydrogens (tertiary/aromatic N) is 1. The molecule has 0 aromatic heterocycles. The highest BCUT2D eigenvalue weighted by Gasteiger charge is 2.20. The molecule has 2 heterocycles. The van der Waals surface area contributed by atoms with Crippen molar-refractivity contribution in [2.75, 3.05) is 36.5 Å². The summed E-state index contributed by atoms with van der Waals surface area (Å²) < 4.78 is 11.0. The van der Waals surface area contributed by atoms with E-state index in [1.54, 1.807) is 12.1 Å². The van der Waals surface area contributed by atoms with Crippen molar-refractivity contribution >= 4 is 28.9 Å². The normalized spacial score (nSPS) is 18.7. The van der Waals surface area contributed by atoms with E-state index >= 15 is 0 Å². The highest BCUT2D eigenvalue weighted by molar-refractivity contribution is 6.32. The van der Waals surface area contributed by atoms with Gasteiger partial charge in [-0.2, -0.15) is 0 Å². The lowest BCUT2D eigenvalue weighted by Gasteiger charge is -2.20. The molecular weight excluding hydrogens is 352 g/mol. The Kier molecular flexibility index (Phi) is 4.64. The summed E-state index contributed by atoms with van der Waals surface area (Å²) in [5.41, 5.74) is 2.38. The predicted molar refractivity (Wildman–Crippen MR) is 103 cm³/mol. The van der Waals surface area contributed by atoms with E-state index in [-0.39, 0.29) is 5.91 Å². The molecule has 1 unspecified atom stereocenters. The molecule has 0 radical (unpaired) electrons. The number of halogens is 1. The second-order valence-corrected chi connectivity index (χ2v) is 7.23. The van der Waals surface area contributed by atoms with Crippen molar-refractivity contribution < 1.29 is 14.3 Å². The highest BCUT2D eigenvalue weighted by atomic mass is 35.5. The zero-order valence-corrected chi connectivity index (χ0v) is 15.4. The Hall–Kier alpha value is -2.40. The van der Waals surface area contributed by atoms with Gasteiger partial charge < -0.3 is 19.7 Å². The van der Waals surface area contributed by atoms with E-state index in [0.29, 0.717) is 35.3 Å². The predicted octanol–water partition coefficient (Wildman–Crippen LogP) is 4.21. The van der Waals surface area contributed by atoms with Crippen LogP contribution in [0.1, 0.15) is 23.7 Å². The number of hydrogen-bond donors (Lipinski definition) is 1. The van der Waals surface area contributed by atoms with Gasteiger partial charge in [-0.15, -0.1) is 0 Å². The Bertz CT molecular complexity index is 823. The Morgan fingerprint density at radius 3 is 2.69 bits per heavy atom. The summed E-state index contributed by atoms with van der Waals surface area (Å²) in [6.07, 6.45) is 1.23. The fourth-order valence-corrected chi connectivity index (χ4v) is 3.64. The summed E-state index contributed by atoms with van der Waals surface area (Å²) >= 11 is 6.21. The molecule has 0 aliphatic carbocycles. The van der Waals surface area contributed by atoms with Gasteiger partial charge >= 0.3 is 0 Å². The van der Waals surface area contributed by atoms with Crippen LogP contribution in [0.2, 0.25) is 5.02 Å². The first-order valence-corrected chi connectivity index (χ1v) is 9.23. The first kappa shape index (κ1) is 17.0. The molecule has 5 nitrogen and oxygen atoms in total. The number of benzene rings is 2. The van der Waals surface area contributed by atoms with Crippen LogP contribution in [0.3, 0.4) is 0 Å². The summed E-state index contributed by atoms with van der Waals surface area (Å²) in [6, 6.07) is 11.2. The van der Waals surface area contributed by atoms with Crippen LogP contribution in [0.15, 0.2) is 36.4 Å². The van der Waals surface area contributed by atoms with Crippen LogP contribution in [-0.2, 0) is 0 Å². The lowest BCUT2D eigenvalue weighted by atomic mass is 10.1. The topological polar surface area (TPSA) is 50.8 Å². The van der Waals surface area contributed by atoms with E-state index in [9.17, 15) is 4.79 Å². The third-order valence-corrected chi connectivity index (χ3v) is 5.05. The Labute approximate surface area is 157 Å². The number of nitrogens with one attached hydrogen (secondary N) is 1. The van der Waals surface area contributed by atoms with Crippen LogP contribution in [-0.4, -0.2) is 32.2 Å². The number of anilines is 2. The van der Waals surface area contributed by atoms with E-state index in [4.69, 9.17) is 21.1 Å². The van der Waals surface area contributed by atoms with Gasteiger partial charge in [0, 0.05) is 30.0 Å². The van der Waals surface area contributed by atoms with Crippen LogP contribution in [0, 0.1) is 5.92 Å². The standard InChI is InChI=1S/C20H21ClN2O3/c1-13-6-7-23(12-13)16-4-2-15(3-5-16)22-20(24)14-10-17(21)19-18(11-14)25-8-9-26-19/h2-5,10-11,13H,6-9,12H2,1H3,(H,22,24). The van der Waals surface area contributed by atoms with Gasteiger partial charge in [-0.25, -0.2) is 0 Å². The fourth-order valence-electron chi connectivity index (χ4n) is 3.37. The first-order chi connectivity index (χ1) is 12.6. The minimum atomic E-state index is -0.230. The van der Waals surface area contributed by atoms with Gasteiger partial charge in [0.15, 0.2) is 11.5 Å². The lowest BCUT2D eigenvalue weighted by Crippen LogP contribution is -2.19. The van der Waals surface area contributed by atoms with Crippen LogP contribution >= 0.6 is 11.6 Å². The molecule has 2 aromatic rings. The maximum absolute atomic E-state index is 12.6. The summed E-state index contributed by atoms with van der Waals surface area (Å²) in [7, 11) is 0. The molecule has 0 saturated carbocycles. The zero-order chi connectivity index (χ0) is 18.1. The number of rotatable bonds is 3. The molecule has 1 fully saturated rings. The number of ether oxygens (including phenoxy) is 2. The van der Waals surface area contributed by atoms with E-state index in [1.807, 2.05) is 24.3 Å². The smallest absolute Gasteiger partial charge is 0.255 e. The molecule has 0 spiro atoms. The number of fused-ring (bicyclic) bond motifs is 1. The number of amides is 1. The van der Waals surface area contributed by atoms with Crippen LogP contribution in [0.25, 0.3) is 0 Å². The first-order valence-electron chi connectivity index (χ1n) is 8.85. The Morgan fingerprint density at radius 1 is 1.19 bits per heavy atom. The molecule has 26 heavy (non-hydrogen) atoms. The second kappa shape index (κ2) is 7.08. The monoisotopic (exact) mass is 372 g/mol. The van der Waals surface area contributed by atoms with E-state index in [2.05, 4.69) is 17.1 Å². The van der Waals surface area contributed by atoms with Crippen molar-refractivity contribution in [3.63, 3.8) is 0 Å². The molecule has 2 aliphatic heterocycles. The second-order valence-electron chi connectivity index (χ2n) is 6.82. The average Bonchev–Trinajstić information content (AvgIpc) is 3.09. The van der Waals surface area contributed by atoms with Crippen molar-refractivity contribution in [3.8, 4) is 11.5 Å². The molecule has 1 saturated heterocycles. The van der Waals surface area contributed by atoms with Crippen molar-refractivity contribution in [2.24, 2.45) is 5.92 Å². The van der Waals surface area contributed by atoms with Crippen molar-refractivity contribution in [1.29, 1.82) is 0 Å². The summed E-state index contributed by atoms with van der Waals surface area (Å²) in [4.78, 5) is 14.9. The summed E-state index contributed by atoms with van der Waals surface area (Å²) in [5, 5.41) is 3.29.